The van der Waals surface area contributed by atoms with Crippen molar-refractivity contribution in [2.24, 2.45) is 0 Å². The minimum Gasteiger partial charge on any atom is -0.339 e. The van der Waals surface area contributed by atoms with Crippen LogP contribution in [0.2, 0.25) is 0 Å². The summed E-state index contributed by atoms with van der Waals surface area (Å²) in [5, 5.41) is 0. The van der Waals surface area contributed by atoms with E-state index in [4.69, 9.17) is 0 Å². The normalized spacial score (nSPS) is 18.4. The van der Waals surface area contributed by atoms with Gasteiger partial charge in [-0.3, -0.25) is 9.59 Å². The third-order valence-electron chi connectivity index (χ3n) is 5.65. The van der Waals surface area contributed by atoms with Gasteiger partial charge in [-0.25, -0.2) is 12.7 Å². The molecule has 0 atom stereocenters. The second-order valence-corrected chi connectivity index (χ2v) is 9.43. The number of aryl methyl sites for hydroxylation is 1. The molecule has 3 rings (SSSR count). The molecule has 2 aliphatic rings. The Hall–Kier alpha value is -2.19. The molecule has 7 nitrogen and oxygen atoms in total. The molecule has 1 saturated heterocycles. The van der Waals surface area contributed by atoms with Crippen molar-refractivity contribution in [3.63, 3.8) is 0 Å². The molecule has 2 amide bonds. The highest BCUT2D eigenvalue weighted by molar-refractivity contribution is 7.88. The minimum atomic E-state index is -3.18. The van der Waals surface area contributed by atoms with Crippen LogP contribution < -0.4 is 4.90 Å². The van der Waals surface area contributed by atoms with E-state index >= 15 is 0 Å². The quantitative estimate of drug-likeness (QED) is 0.714. The van der Waals surface area contributed by atoms with Gasteiger partial charge < -0.3 is 9.80 Å². The first-order chi connectivity index (χ1) is 13.2. The van der Waals surface area contributed by atoms with Crippen LogP contribution in [0, 0.1) is 0 Å². The molecule has 0 saturated carbocycles. The second-order valence-electron chi connectivity index (χ2n) is 7.45. The van der Waals surface area contributed by atoms with Gasteiger partial charge in [-0.1, -0.05) is 6.58 Å². The highest BCUT2D eigenvalue weighted by Crippen LogP contribution is 2.29. The summed E-state index contributed by atoms with van der Waals surface area (Å²) in [7, 11) is -1.41. The zero-order valence-electron chi connectivity index (χ0n) is 16.4. The Morgan fingerprint density at radius 3 is 2.50 bits per heavy atom. The van der Waals surface area contributed by atoms with Crippen LogP contribution in [0.5, 0.6) is 0 Å². The van der Waals surface area contributed by atoms with Gasteiger partial charge in [-0.05, 0) is 55.5 Å². The maximum Gasteiger partial charge on any atom is 0.253 e. The van der Waals surface area contributed by atoms with Crippen molar-refractivity contribution in [2.45, 2.75) is 31.7 Å². The number of benzene rings is 1. The molecule has 2 heterocycles. The molecule has 28 heavy (non-hydrogen) atoms. The fourth-order valence-corrected chi connectivity index (χ4v) is 4.87. The number of carbonyl (C=O) groups is 2. The monoisotopic (exact) mass is 405 g/mol. The van der Waals surface area contributed by atoms with Crippen LogP contribution >= 0.6 is 0 Å². The first-order valence-electron chi connectivity index (χ1n) is 9.51. The Bertz CT molecular complexity index is 889. The van der Waals surface area contributed by atoms with Crippen LogP contribution in [-0.4, -0.2) is 68.4 Å². The fraction of sp³-hybridized carbons (Fsp3) is 0.500. The summed E-state index contributed by atoms with van der Waals surface area (Å²) >= 11 is 0. The summed E-state index contributed by atoms with van der Waals surface area (Å²) in [6, 6.07) is 5.49. The summed E-state index contributed by atoms with van der Waals surface area (Å²) in [6.45, 7) is 5.08. The van der Waals surface area contributed by atoms with Gasteiger partial charge in [0, 0.05) is 44.0 Å². The van der Waals surface area contributed by atoms with Crippen molar-refractivity contribution in [3.8, 4) is 0 Å². The van der Waals surface area contributed by atoms with Crippen molar-refractivity contribution in [1.82, 2.24) is 9.21 Å². The Kier molecular flexibility index (Phi) is 5.90. The van der Waals surface area contributed by atoms with Crippen molar-refractivity contribution >= 4 is 27.5 Å². The standard InChI is InChI=1S/C20H27N3O4S/c1-4-19(24)23-11-5-6-15-14-16(7-8-18(15)23)20(25)21(2)17-9-12-22(13-10-17)28(3,26)27/h4,7-8,14,17H,1,5-6,9-13H2,2-3H3. The Morgan fingerprint density at radius 2 is 1.89 bits per heavy atom. The number of anilines is 1. The van der Waals surface area contributed by atoms with E-state index in [-0.39, 0.29) is 17.9 Å². The molecule has 2 aliphatic heterocycles. The third-order valence-corrected chi connectivity index (χ3v) is 6.95. The number of sulfonamides is 1. The summed E-state index contributed by atoms with van der Waals surface area (Å²) < 4.78 is 24.8. The molecular formula is C20H27N3O4S. The molecule has 1 fully saturated rings. The van der Waals surface area contributed by atoms with Gasteiger partial charge in [0.2, 0.25) is 15.9 Å². The molecule has 0 aromatic heterocycles. The first-order valence-corrected chi connectivity index (χ1v) is 11.4. The third kappa shape index (κ3) is 4.12. The number of carbonyl (C=O) groups excluding carboxylic acids is 2. The number of amides is 2. The maximum atomic E-state index is 13.0. The van der Waals surface area contributed by atoms with Gasteiger partial charge in [0.1, 0.15) is 0 Å². The molecule has 0 bridgehead atoms. The van der Waals surface area contributed by atoms with Gasteiger partial charge in [0.25, 0.3) is 5.91 Å². The summed E-state index contributed by atoms with van der Waals surface area (Å²) in [6.07, 6.45) is 5.46. The SMILES string of the molecule is C=CC(=O)N1CCCc2cc(C(=O)N(C)C3CCN(S(C)(=O)=O)CC3)ccc21. The lowest BCUT2D eigenvalue weighted by Gasteiger charge is -2.36. The average molecular weight is 406 g/mol. The summed E-state index contributed by atoms with van der Waals surface area (Å²) in [5.74, 6) is -0.206. The molecular weight excluding hydrogens is 378 g/mol. The molecule has 0 aliphatic carbocycles. The lowest BCUT2D eigenvalue weighted by Crippen LogP contribution is -2.47. The Labute approximate surface area is 166 Å². The van der Waals surface area contributed by atoms with E-state index < -0.39 is 10.0 Å². The summed E-state index contributed by atoms with van der Waals surface area (Å²) in [4.78, 5) is 28.4. The van der Waals surface area contributed by atoms with Crippen molar-refractivity contribution in [1.29, 1.82) is 0 Å². The number of hydrogen-bond acceptors (Lipinski definition) is 4. The zero-order chi connectivity index (χ0) is 20.5. The fourth-order valence-electron chi connectivity index (χ4n) is 4.00. The van der Waals surface area contributed by atoms with E-state index in [9.17, 15) is 18.0 Å². The minimum absolute atomic E-state index is 0.0142. The Morgan fingerprint density at radius 1 is 1.21 bits per heavy atom. The average Bonchev–Trinajstić information content (AvgIpc) is 2.70. The highest BCUT2D eigenvalue weighted by atomic mass is 32.2. The van der Waals surface area contributed by atoms with Crippen molar-refractivity contribution in [3.05, 3.63) is 42.0 Å². The predicted octanol–water partition coefficient (Wildman–Crippen LogP) is 1.65. The van der Waals surface area contributed by atoms with Crippen LogP contribution in [0.15, 0.2) is 30.9 Å². The van der Waals surface area contributed by atoms with E-state index in [0.717, 1.165) is 24.1 Å². The molecule has 0 N–H and O–H groups in total. The largest absolute Gasteiger partial charge is 0.339 e. The molecule has 1 aromatic rings. The molecule has 0 radical (unpaired) electrons. The second kappa shape index (κ2) is 8.05. The lowest BCUT2D eigenvalue weighted by atomic mass is 9.97. The maximum absolute atomic E-state index is 13.0. The van der Waals surface area contributed by atoms with Crippen LogP contribution in [0.4, 0.5) is 5.69 Å². The van der Waals surface area contributed by atoms with E-state index in [2.05, 4.69) is 6.58 Å². The number of nitrogens with zero attached hydrogens (tertiary/aromatic N) is 3. The topological polar surface area (TPSA) is 78.0 Å². The van der Waals surface area contributed by atoms with E-state index in [0.29, 0.717) is 38.0 Å². The smallest absolute Gasteiger partial charge is 0.253 e. The molecule has 0 spiro atoms. The molecule has 0 unspecified atom stereocenters. The van der Waals surface area contributed by atoms with Crippen molar-refractivity contribution < 1.29 is 18.0 Å². The van der Waals surface area contributed by atoms with Crippen LogP contribution in [0.25, 0.3) is 0 Å². The van der Waals surface area contributed by atoms with Crippen LogP contribution in [-0.2, 0) is 21.2 Å². The highest BCUT2D eigenvalue weighted by Gasteiger charge is 2.30. The van der Waals surface area contributed by atoms with Crippen LogP contribution in [0.3, 0.4) is 0 Å². The van der Waals surface area contributed by atoms with E-state index in [1.54, 1.807) is 22.9 Å². The summed E-state index contributed by atoms with van der Waals surface area (Å²) in [5.41, 5.74) is 2.43. The molecule has 152 valence electrons. The van der Waals surface area contributed by atoms with Gasteiger partial charge in [0.05, 0.1) is 6.26 Å². The predicted molar refractivity (Wildman–Crippen MR) is 109 cm³/mol. The Balaban J connectivity index is 1.73. The van der Waals surface area contributed by atoms with Crippen LogP contribution in [0.1, 0.15) is 35.2 Å². The van der Waals surface area contributed by atoms with E-state index in [1.165, 1.54) is 16.6 Å². The van der Waals surface area contributed by atoms with Gasteiger partial charge >= 0.3 is 0 Å². The number of piperidine rings is 1. The zero-order valence-corrected chi connectivity index (χ0v) is 17.2. The van der Waals surface area contributed by atoms with Crippen molar-refractivity contribution in [2.75, 3.05) is 37.8 Å². The molecule has 1 aromatic carbocycles. The van der Waals surface area contributed by atoms with Gasteiger partial charge in [0.15, 0.2) is 0 Å². The number of hydrogen-bond donors (Lipinski definition) is 0. The first kappa shape index (κ1) is 20.5. The number of fused-ring (bicyclic) bond motifs is 1. The molecule has 8 heteroatoms. The van der Waals surface area contributed by atoms with Gasteiger partial charge in [-0.15, -0.1) is 0 Å². The van der Waals surface area contributed by atoms with Gasteiger partial charge in [-0.2, -0.15) is 0 Å². The van der Waals surface area contributed by atoms with E-state index in [1.807, 2.05) is 12.1 Å². The lowest BCUT2D eigenvalue weighted by molar-refractivity contribution is -0.114. The number of rotatable bonds is 4.